The normalized spacial score (nSPS) is 10.9. The SMILES string of the molecule is O=c1c2ccccc2sn1-c1ccc(Br)cn1. The van der Waals surface area contributed by atoms with E-state index in [0.29, 0.717) is 5.82 Å². The molecule has 0 bridgehead atoms. The van der Waals surface area contributed by atoms with Crippen molar-refractivity contribution < 1.29 is 0 Å². The Bertz CT molecular complexity index is 730. The summed E-state index contributed by atoms with van der Waals surface area (Å²) in [5, 5.41) is 0.738. The summed E-state index contributed by atoms with van der Waals surface area (Å²) in [6.07, 6.45) is 1.69. The van der Waals surface area contributed by atoms with Gasteiger partial charge in [0.25, 0.3) is 5.56 Å². The molecule has 0 saturated carbocycles. The Hall–Kier alpha value is -1.46. The highest BCUT2D eigenvalue weighted by Gasteiger charge is 2.08. The van der Waals surface area contributed by atoms with Gasteiger partial charge in [-0.15, -0.1) is 0 Å². The first-order valence-corrected chi connectivity index (χ1v) is 6.55. The fourth-order valence-electron chi connectivity index (χ4n) is 1.61. The summed E-state index contributed by atoms with van der Waals surface area (Å²) < 4.78 is 3.48. The van der Waals surface area contributed by atoms with Crippen molar-refractivity contribution in [1.82, 2.24) is 8.94 Å². The highest BCUT2D eigenvalue weighted by molar-refractivity contribution is 9.10. The quantitative estimate of drug-likeness (QED) is 0.692. The Morgan fingerprint density at radius 1 is 1.18 bits per heavy atom. The van der Waals surface area contributed by atoms with E-state index in [2.05, 4.69) is 20.9 Å². The summed E-state index contributed by atoms with van der Waals surface area (Å²) >= 11 is 4.73. The maximum atomic E-state index is 12.1. The Morgan fingerprint density at radius 3 is 2.71 bits per heavy atom. The van der Waals surface area contributed by atoms with Crippen LogP contribution in [0.2, 0.25) is 0 Å². The van der Waals surface area contributed by atoms with Gasteiger partial charge in [0.05, 0.1) is 10.1 Å². The van der Waals surface area contributed by atoms with Crippen LogP contribution in [0.1, 0.15) is 0 Å². The molecule has 3 rings (SSSR count). The van der Waals surface area contributed by atoms with Gasteiger partial charge in [0.2, 0.25) is 0 Å². The van der Waals surface area contributed by atoms with Crippen molar-refractivity contribution in [1.29, 1.82) is 0 Å². The first-order chi connectivity index (χ1) is 8.25. The lowest BCUT2D eigenvalue weighted by atomic mass is 10.3. The summed E-state index contributed by atoms with van der Waals surface area (Å²) in [7, 11) is 0. The second kappa shape index (κ2) is 4.09. The predicted molar refractivity (Wildman–Crippen MR) is 72.9 cm³/mol. The van der Waals surface area contributed by atoms with Crippen LogP contribution in [0.25, 0.3) is 15.9 Å². The fourth-order valence-corrected chi connectivity index (χ4v) is 2.82. The van der Waals surface area contributed by atoms with E-state index in [1.54, 1.807) is 10.2 Å². The Morgan fingerprint density at radius 2 is 2.00 bits per heavy atom. The monoisotopic (exact) mass is 306 g/mol. The van der Waals surface area contributed by atoms with Crippen molar-refractivity contribution in [3.8, 4) is 5.82 Å². The van der Waals surface area contributed by atoms with Crippen LogP contribution in [0.15, 0.2) is 51.9 Å². The molecule has 3 aromatic rings. The van der Waals surface area contributed by atoms with E-state index in [-0.39, 0.29) is 5.56 Å². The van der Waals surface area contributed by atoms with Gasteiger partial charge in [-0.05, 0) is 51.7 Å². The highest BCUT2D eigenvalue weighted by atomic mass is 79.9. The van der Waals surface area contributed by atoms with Gasteiger partial charge in [0, 0.05) is 10.7 Å². The lowest BCUT2D eigenvalue weighted by Crippen LogP contribution is -2.11. The smallest absolute Gasteiger partial charge is 0.267 e. The average Bonchev–Trinajstić information content (AvgIpc) is 2.69. The molecule has 2 heterocycles. The van der Waals surface area contributed by atoms with Gasteiger partial charge in [-0.25, -0.2) is 8.94 Å². The van der Waals surface area contributed by atoms with E-state index in [0.717, 1.165) is 14.6 Å². The molecule has 2 aromatic heterocycles. The summed E-state index contributed by atoms with van der Waals surface area (Å²) in [6.45, 7) is 0. The summed E-state index contributed by atoms with van der Waals surface area (Å²) in [4.78, 5) is 16.4. The van der Waals surface area contributed by atoms with Gasteiger partial charge in [-0.2, -0.15) is 0 Å². The first kappa shape index (κ1) is 10.7. The number of hydrogen-bond acceptors (Lipinski definition) is 3. The van der Waals surface area contributed by atoms with Crippen LogP contribution >= 0.6 is 27.5 Å². The lowest BCUT2D eigenvalue weighted by molar-refractivity contribution is 1.05. The molecule has 0 aliphatic heterocycles. The van der Waals surface area contributed by atoms with Gasteiger partial charge in [0.1, 0.15) is 5.82 Å². The highest BCUT2D eigenvalue weighted by Crippen LogP contribution is 2.19. The number of halogens is 1. The first-order valence-electron chi connectivity index (χ1n) is 4.99. The molecule has 0 N–H and O–H groups in total. The van der Waals surface area contributed by atoms with Crippen molar-refractivity contribution in [2.45, 2.75) is 0 Å². The number of aromatic nitrogens is 2. The zero-order valence-corrected chi connectivity index (χ0v) is 11.0. The van der Waals surface area contributed by atoms with Gasteiger partial charge >= 0.3 is 0 Å². The number of pyridine rings is 1. The standard InChI is InChI=1S/C12H7BrN2OS/c13-8-5-6-11(14-7-8)15-12(16)9-3-1-2-4-10(9)17-15/h1-7H. The third-order valence-corrected chi connectivity index (χ3v) is 3.97. The Balaban J connectivity index is 2.27. The van der Waals surface area contributed by atoms with E-state index in [1.165, 1.54) is 11.5 Å². The largest absolute Gasteiger partial charge is 0.274 e. The van der Waals surface area contributed by atoms with Crippen molar-refractivity contribution in [3.05, 3.63) is 57.4 Å². The Kier molecular flexibility index (Phi) is 2.57. The lowest BCUT2D eigenvalue weighted by Gasteiger charge is -1.97. The number of fused-ring (bicyclic) bond motifs is 1. The summed E-state index contributed by atoms with van der Waals surface area (Å²) in [5.74, 6) is 0.652. The third kappa shape index (κ3) is 1.81. The van der Waals surface area contributed by atoms with Crippen LogP contribution in [0.3, 0.4) is 0 Å². The van der Waals surface area contributed by atoms with Gasteiger partial charge < -0.3 is 0 Å². The van der Waals surface area contributed by atoms with Crippen LogP contribution in [-0.4, -0.2) is 8.94 Å². The summed E-state index contributed by atoms with van der Waals surface area (Å²) in [6, 6.07) is 11.3. The molecule has 0 fully saturated rings. The molecule has 5 heteroatoms. The van der Waals surface area contributed by atoms with Crippen molar-refractivity contribution in [2.24, 2.45) is 0 Å². The van der Waals surface area contributed by atoms with E-state index in [1.807, 2.05) is 36.4 Å². The van der Waals surface area contributed by atoms with Crippen molar-refractivity contribution in [3.63, 3.8) is 0 Å². The van der Waals surface area contributed by atoms with Gasteiger partial charge in [-0.1, -0.05) is 12.1 Å². The maximum absolute atomic E-state index is 12.1. The number of hydrogen-bond donors (Lipinski definition) is 0. The second-order valence-corrected chi connectivity index (χ2v) is 5.42. The molecule has 0 amide bonds. The van der Waals surface area contributed by atoms with Crippen molar-refractivity contribution in [2.75, 3.05) is 0 Å². The third-order valence-electron chi connectivity index (χ3n) is 2.41. The minimum Gasteiger partial charge on any atom is -0.267 e. The van der Waals surface area contributed by atoms with Gasteiger partial charge in [-0.3, -0.25) is 4.79 Å². The molecular weight excluding hydrogens is 300 g/mol. The topological polar surface area (TPSA) is 34.9 Å². The van der Waals surface area contributed by atoms with Crippen LogP contribution in [0.4, 0.5) is 0 Å². The number of nitrogens with zero attached hydrogens (tertiary/aromatic N) is 2. The zero-order valence-electron chi connectivity index (χ0n) is 8.63. The van der Waals surface area contributed by atoms with E-state index >= 15 is 0 Å². The fraction of sp³-hybridized carbons (Fsp3) is 0. The van der Waals surface area contributed by atoms with Crippen LogP contribution in [-0.2, 0) is 0 Å². The van der Waals surface area contributed by atoms with E-state index in [9.17, 15) is 4.79 Å². The predicted octanol–water partition coefficient (Wildman–Crippen LogP) is 3.21. The minimum absolute atomic E-state index is 0.0135. The molecule has 0 unspecified atom stereocenters. The average molecular weight is 307 g/mol. The number of benzene rings is 1. The van der Waals surface area contributed by atoms with E-state index < -0.39 is 0 Å². The van der Waals surface area contributed by atoms with Gasteiger partial charge in [0.15, 0.2) is 0 Å². The number of rotatable bonds is 1. The maximum Gasteiger partial charge on any atom is 0.274 e. The second-order valence-electron chi connectivity index (χ2n) is 3.52. The molecule has 0 saturated heterocycles. The zero-order chi connectivity index (χ0) is 11.8. The van der Waals surface area contributed by atoms with Crippen molar-refractivity contribution >= 4 is 37.5 Å². The Labute approximate surface area is 110 Å². The molecule has 1 aromatic carbocycles. The summed E-state index contributed by atoms with van der Waals surface area (Å²) in [5.41, 5.74) is -0.0135. The minimum atomic E-state index is -0.0135. The van der Waals surface area contributed by atoms with Crippen LogP contribution < -0.4 is 5.56 Å². The molecule has 0 aliphatic rings. The van der Waals surface area contributed by atoms with E-state index in [4.69, 9.17) is 0 Å². The van der Waals surface area contributed by atoms with Crippen LogP contribution in [0.5, 0.6) is 0 Å². The molecular formula is C12H7BrN2OS. The molecule has 17 heavy (non-hydrogen) atoms. The molecule has 3 nitrogen and oxygen atoms in total. The molecule has 0 spiro atoms. The molecule has 84 valence electrons. The molecule has 0 aliphatic carbocycles. The van der Waals surface area contributed by atoms with Crippen LogP contribution in [0, 0.1) is 0 Å². The molecule has 0 radical (unpaired) electrons. The molecule has 0 atom stereocenters.